The van der Waals surface area contributed by atoms with Gasteiger partial charge in [0, 0.05) is 25.7 Å². The molecule has 1 atom stereocenters. The minimum absolute atomic E-state index is 0.230. The van der Waals surface area contributed by atoms with Crippen LogP contribution in [0.3, 0.4) is 0 Å². The lowest BCUT2D eigenvalue weighted by Gasteiger charge is -2.34. The van der Waals surface area contributed by atoms with Gasteiger partial charge in [-0.05, 0) is 26.2 Å². The standard InChI is InChI=1S/C11H20N2O2/c1-9(14)4-5-12-6-7-13(8-11(12)15)10-2-3-10/h9-10,14H,2-8H2,1H3. The molecule has 1 aliphatic heterocycles. The van der Waals surface area contributed by atoms with E-state index in [4.69, 9.17) is 0 Å². The van der Waals surface area contributed by atoms with Crippen molar-refractivity contribution in [2.75, 3.05) is 26.2 Å². The molecular formula is C11H20N2O2. The third-order valence-electron chi connectivity index (χ3n) is 3.23. The summed E-state index contributed by atoms with van der Waals surface area (Å²) < 4.78 is 0. The summed E-state index contributed by atoms with van der Waals surface area (Å²) in [5, 5.41) is 9.17. The molecule has 15 heavy (non-hydrogen) atoms. The minimum Gasteiger partial charge on any atom is -0.393 e. The molecule has 0 spiro atoms. The van der Waals surface area contributed by atoms with Crippen molar-refractivity contribution in [1.82, 2.24) is 9.80 Å². The van der Waals surface area contributed by atoms with Gasteiger partial charge in [0.05, 0.1) is 12.6 Å². The lowest BCUT2D eigenvalue weighted by Crippen LogP contribution is -2.51. The molecular weight excluding hydrogens is 192 g/mol. The lowest BCUT2D eigenvalue weighted by atomic mass is 10.2. The maximum atomic E-state index is 11.8. The molecule has 1 N–H and O–H groups in total. The van der Waals surface area contributed by atoms with Gasteiger partial charge in [-0.3, -0.25) is 9.69 Å². The number of rotatable bonds is 4. The van der Waals surface area contributed by atoms with Crippen molar-refractivity contribution >= 4 is 5.91 Å². The molecule has 0 aromatic carbocycles. The zero-order valence-corrected chi connectivity index (χ0v) is 9.35. The monoisotopic (exact) mass is 212 g/mol. The number of amides is 1. The van der Waals surface area contributed by atoms with Gasteiger partial charge >= 0.3 is 0 Å². The maximum Gasteiger partial charge on any atom is 0.236 e. The fourth-order valence-corrected chi connectivity index (χ4v) is 2.06. The van der Waals surface area contributed by atoms with Gasteiger partial charge in [0.2, 0.25) is 5.91 Å². The van der Waals surface area contributed by atoms with Gasteiger partial charge in [-0.25, -0.2) is 0 Å². The van der Waals surface area contributed by atoms with E-state index in [2.05, 4.69) is 4.90 Å². The summed E-state index contributed by atoms with van der Waals surface area (Å²) in [5.41, 5.74) is 0. The number of hydrogen-bond donors (Lipinski definition) is 1. The van der Waals surface area contributed by atoms with E-state index in [1.807, 2.05) is 4.90 Å². The first-order valence-corrected chi connectivity index (χ1v) is 5.86. The first-order valence-electron chi connectivity index (χ1n) is 5.86. The molecule has 2 rings (SSSR count). The molecule has 0 bridgehead atoms. The summed E-state index contributed by atoms with van der Waals surface area (Å²) >= 11 is 0. The summed E-state index contributed by atoms with van der Waals surface area (Å²) in [5.74, 6) is 0.230. The Morgan fingerprint density at radius 2 is 2.20 bits per heavy atom. The third-order valence-corrected chi connectivity index (χ3v) is 3.23. The Bertz CT molecular complexity index is 239. The molecule has 1 aliphatic carbocycles. The van der Waals surface area contributed by atoms with E-state index < -0.39 is 0 Å². The van der Waals surface area contributed by atoms with Gasteiger partial charge in [-0.1, -0.05) is 0 Å². The summed E-state index contributed by atoms with van der Waals surface area (Å²) in [6.07, 6.45) is 2.91. The van der Waals surface area contributed by atoms with Gasteiger partial charge in [-0.15, -0.1) is 0 Å². The van der Waals surface area contributed by atoms with Gasteiger partial charge in [-0.2, -0.15) is 0 Å². The van der Waals surface area contributed by atoms with E-state index in [0.717, 1.165) is 13.1 Å². The van der Waals surface area contributed by atoms with Crippen molar-refractivity contribution in [2.45, 2.75) is 38.3 Å². The van der Waals surface area contributed by atoms with E-state index in [0.29, 0.717) is 25.6 Å². The van der Waals surface area contributed by atoms with Gasteiger partial charge < -0.3 is 10.0 Å². The van der Waals surface area contributed by atoms with Gasteiger partial charge in [0.15, 0.2) is 0 Å². The highest BCUT2D eigenvalue weighted by Gasteiger charge is 2.34. The number of carbonyl (C=O) groups excluding carboxylic acids is 1. The normalized spacial score (nSPS) is 25.7. The highest BCUT2D eigenvalue weighted by molar-refractivity contribution is 5.79. The largest absolute Gasteiger partial charge is 0.393 e. The highest BCUT2D eigenvalue weighted by Crippen LogP contribution is 2.27. The molecule has 1 amide bonds. The predicted octanol–water partition coefficient (Wildman–Crippen LogP) is 0.0639. The maximum absolute atomic E-state index is 11.8. The van der Waals surface area contributed by atoms with Crippen LogP contribution >= 0.6 is 0 Å². The van der Waals surface area contributed by atoms with Crippen molar-refractivity contribution in [1.29, 1.82) is 0 Å². The summed E-state index contributed by atoms with van der Waals surface area (Å²) in [7, 11) is 0. The fraction of sp³-hybridized carbons (Fsp3) is 0.909. The van der Waals surface area contributed by atoms with Crippen LogP contribution in [0.2, 0.25) is 0 Å². The summed E-state index contributed by atoms with van der Waals surface area (Å²) in [4.78, 5) is 15.9. The van der Waals surface area contributed by atoms with Crippen LogP contribution in [0.25, 0.3) is 0 Å². The number of carbonyl (C=O) groups is 1. The molecule has 86 valence electrons. The number of aliphatic hydroxyl groups is 1. The molecule has 0 aromatic rings. The number of nitrogens with zero attached hydrogens (tertiary/aromatic N) is 2. The second-order valence-corrected chi connectivity index (χ2v) is 4.72. The van der Waals surface area contributed by atoms with Crippen molar-refractivity contribution < 1.29 is 9.90 Å². The molecule has 1 saturated carbocycles. The molecule has 1 saturated heterocycles. The van der Waals surface area contributed by atoms with Crippen LogP contribution in [-0.2, 0) is 4.79 Å². The van der Waals surface area contributed by atoms with Gasteiger partial charge in [0.25, 0.3) is 0 Å². The molecule has 4 heteroatoms. The van der Waals surface area contributed by atoms with E-state index in [1.54, 1.807) is 6.92 Å². The Labute approximate surface area is 90.9 Å². The fourth-order valence-electron chi connectivity index (χ4n) is 2.06. The molecule has 0 radical (unpaired) electrons. The van der Waals surface area contributed by atoms with E-state index >= 15 is 0 Å². The van der Waals surface area contributed by atoms with Crippen molar-refractivity contribution in [2.24, 2.45) is 0 Å². The Morgan fingerprint density at radius 3 is 2.73 bits per heavy atom. The van der Waals surface area contributed by atoms with E-state index in [9.17, 15) is 9.90 Å². The Morgan fingerprint density at radius 1 is 1.47 bits per heavy atom. The Hall–Kier alpha value is -0.610. The molecule has 4 nitrogen and oxygen atoms in total. The Balaban J connectivity index is 1.76. The number of piperazine rings is 1. The van der Waals surface area contributed by atoms with Crippen LogP contribution in [0, 0.1) is 0 Å². The smallest absolute Gasteiger partial charge is 0.236 e. The van der Waals surface area contributed by atoms with Crippen LogP contribution in [0.1, 0.15) is 26.2 Å². The van der Waals surface area contributed by atoms with Crippen LogP contribution in [0.5, 0.6) is 0 Å². The average Bonchev–Trinajstić information content (AvgIpc) is 2.98. The van der Waals surface area contributed by atoms with Gasteiger partial charge in [0.1, 0.15) is 0 Å². The average molecular weight is 212 g/mol. The Kier molecular flexibility index (Phi) is 3.26. The zero-order chi connectivity index (χ0) is 10.8. The first-order chi connectivity index (χ1) is 7.16. The minimum atomic E-state index is -0.306. The number of hydrogen-bond acceptors (Lipinski definition) is 3. The third kappa shape index (κ3) is 2.92. The first kappa shape index (κ1) is 10.9. The second kappa shape index (κ2) is 4.49. The molecule has 0 aromatic heterocycles. The van der Waals surface area contributed by atoms with Crippen molar-refractivity contribution in [3.05, 3.63) is 0 Å². The zero-order valence-electron chi connectivity index (χ0n) is 9.35. The van der Waals surface area contributed by atoms with Crippen LogP contribution in [0.15, 0.2) is 0 Å². The van der Waals surface area contributed by atoms with Crippen LogP contribution < -0.4 is 0 Å². The predicted molar refractivity (Wildman–Crippen MR) is 57.5 cm³/mol. The summed E-state index contributed by atoms with van der Waals surface area (Å²) in [6.45, 7) is 4.91. The molecule has 1 unspecified atom stereocenters. The van der Waals surface area contributed by atoms with Crippen LogP contribution in [0.4, 0.5) is 0 Å². The van der Waals surface area contributed by atoms with E-state index in [1.165, 1.54) is 12.8 Å². The highest BCUT2D eigenvalue weighted by atomic mass is 16.3. The second-order valence-electron chi connectivity index (χ2n) is 4.72. The van der Waals surface area contributed by atoms with Crippen LogP contribution in [-0.4, -0.2) is 59.1 Å². The van der Waals surface area contributed by atoms with Crippen molar-refractivity contribution in [3.63, 3.8) is 0 Å². The number of aliphatic hydroxyl groups excluding tert-OH is 1. The molecule has 1 heterocycles. The van der Waals surface area contributed by atoms with E-state index in [-0.39, 0.29) is 12.0 Å². The lowest BCUT2D eigenvalue weighted by molar-refractivity contribution is -0.136. The van der Waals surface area contributed by atoms with Crippen molar-refractivity contribution in [3.8, 4) is 0 Å². The molecule has 2 aliphatic rings. The molecule has 2 fully saturated rings. The topological polar surface area (TPSA) is 43.8 Å². The SMILES string of the molecule is CC(O)CCN1CCN(C2CC2)CC1=O. The quantitative estimate of drug-likeness (QED) is 0.717. The summed E-state index contributed by atoms with van der Waals surface area (Å²) in [6, 6.07) is 0.688.